The minimum absolute atomic E-state index is 0.222. The second kappa shape index (κ2) is 7.58. The second-order valence-electron chi connectivity index (χ2n) is 5.07. The highest BCUT2D eigenvalue weighted by molar-refractivity contribution is 9.11. The first-order valence-corrected chi connectivity index (χ1v) is 8.32. The van der Waals surface area contributed by atoms with Crippen molar-refractivity contribution in [2.45, 2.75) is 0 Å². The minimum atomic E-state index is -0.958. The third-order valence-corrected chi connectivity index (χ3v) is 4.67. The summed E-state index contributed by atoms with van der Waals surface area (Å²) in [5.41, 5.74) is 0.222. The Hall–Kier alpha value is -0.630. The average Bonchev–Trinajstić information content (AvgIpc) is 2.43. The molecule has 0 radical (unpaired) electrons. The van der Waals surface area contributed by atoms with Crippen LogP contribution in [-0.4, -0.2) is 67.3 Å². The number of benzene rings is 1. The Balaban J connectivity index is 1.90. The van der Waals surface area contributed by atoms with Crippen molar-refractivity contribution >= 4 is 37.8 Å². The van der Waals surface area contributed by atoms with Crippen molar-refractivity contribution < 1.29 is 14.6 Å². The van der Waals surface area contributed by atoms with Gasteiger partial charge in [-0.15, -0.1) is 0 Å². The monoisotopic (exact) mass is 420 g/mol. The molecule has 1 aromatic rings. The molecule has 1 N–H and O–H groups in total. The summed E-state index contributed by atoms with van der Waals surface area (Å²) < 4.78 is 7.08. The highest BCUT2D eigenvalue weighted by atomic mass is 79.9. The maximum atomic E-state index is 11.0. The van der Waals surface area contributed by atoms with Crippen LogP contribution in [-0.2, 0) is 0 Å². The van der Waals surface area contributed by atoms with E-state index in [9.17, 15) is 4.79 Å². The van der Waals surface area contributed by atoms with Gasteiger partial charge >= 0.3 is 5.97 Å². The van der Waals surface area contributed by atoms with Crippen LogP contribution in [0.3, 0.4) is 0 Å². The van der Waals surface area contributed by atoms with E-state index in [-0.39, 0.29) is 5.56 Å². The van der Waals surface area contributed by atoms with Gasteiger partial charge in [0.1, 0.15) is 12.4 Å². The van der Waals surface area contributed by atoms with Gasteiger partial charge in [0.25, 0.3) is 0 Å². The summed E-state index contributed by atoms with van der Waals surface area (Å²) in [6, 6.07) is 3.11. The molecular weight excluding hydrogens is 404 g/mol. The van der Waals surface area contributed by atoms with E-state index in [1.54, 1.807) is 12.1 Å². The average molecular weight is 422 g/mol. The maximum Gasteiger partial charge on any atom is 0.335 e. The third kappa shape index (κ3) is 4.67. The van der Waals surface area contributed by atoms with Gasteiger partial charge in [-0.1, -0.05) is 0 Å². The first-order valence-electron chi connectivity index (χ1n) is 6.73. The Bertz CT molecular complexity index is 494. The molecule has 0 spiro atoms. The number of hydrogen-bond donors (Lipinski definition) is 1. The molecule has 1 aliphatic rings. The van der Waals surface area contributed by atoms with E-state index in [1.165, 1.54) is 0 Å². The van der Waals surface area contributed by atoms with E-state index in [1.807, 2.05) is 0 Å². The van der Waals surface area contributed by atoms with E-state index in [4.69, 9.17) is 9.84 Å². The van der Waals surface area contributed by atoms with Crippen LogP contribution in [0, 0.1) is 0 Å². The predicted molar refractivity (Wildman–Crippen MR) is 88.2 cm³/mol. The van der Waals surface area contributed by atoms with Crippen molar-refractivity contribution in [3.63, 3.8) is 0 Å². The Morgan fingerprint density at radius 1 is 1.24 bits per heavy atom. The molecule has 21 heavy (non-hydrogen) atoms. The van der Waals surface area contributed by atoms with Crippen LogP contribution in [0.25, 0.3) is 0 Å². The zero-order valence-electron chi connectivity index (χ0n) is 11.8. The molecule has 0 atom stereocenters. The first-order chi connectivity index (χ1) is 9.97. The summed E-state index contributed by atoms with van der Waals surface area (Å²) in [6.07, 6.45) is 0. The van der Waals surface area contributed by atoms with Crippen LogP contribution in [0.2, 0.25) is 0 Å². The van der Waals surface area contributed by atoms with Gasteiger partial charge in [-0.05, 0) is 51.0 Å². The number of likely N-dealkylation sites (N-methyl/N-ethyl adjacent to an activating group) is 1. The largest absolute Gasteiger partial charge is 0.490 e. The van der Waals surface area contributed by atoms with Crippen molar-refractivity contribution in [1.29, 1.82) is 0 Å². The predicted octanol–water partition coefficient (Wildman–Crippen LogP) is 2.54. The fraction of sp³-hybridized carbons (Fsp3) is 0.500. The number of carboxylic acid groups (broad SMARTS) is 1. The van der Waals surface area contributed by atoms with E-state index in [0.29, 0.717) is 21.3 Å². The summed E-state index contributed by atoms with van der Waals surface area (Å²) in [7, 11) is 2.13. The SMILES string of the molecule is CN1CCN(CCOc2c(Br)cc(C(=O)O)cc2Br)CC1. The molecule has 0 unspecified atom stereocenters. The van der Waals surface area contributed by atoms with Crippen LogP contribution >= 0.6 is 31.9 Å². The molecule has 1 saturated heterocycles. The van der Waals surface area contributed by atoms with E-state index >= 15 is 0 Å². The molecule has 2 rings (SSSR count). The van der Waals surface area contributed by atoms with Crippen molar-refractivity contribution in [1.82, 2.24) is 9.80 Å². The molecule has 116 valence electrons. The fourth-order valence-electron chi connectivity index (χ4n) is 2.17. The van der Waals surface area contributed by atoms with Gasteiger partial charge in [0.2, 0.25) is 0 Å². The molecule has 0 bridgehead atoms. The lowest BCUT2D eigenvalue weighted by atomic mass is 10.2. The van der Waals surface area contributed by atoms with Gasteiger partial charge in [0, 0.05) is 32.7 Å². The second-order valence-corrected chi connectivity index (χ2v) is 6.78. The lowest BCUT2D eigenvalue weighted by Gasteiger charge is -2.32. The van der Waals surface area contributed by atoms with Crippen molar-refractivity contribution in [2.75, 3.05) is 46.4 Å². The number of hydrogen-bond acceptors (Lipinski definition) is 4. The quantitative estimate of drug-likeness (QED) is 0.791. The Labute approximate surface area is 141 Å². The number of halogens is 2. The summed E-state index contributed by atoms with van der Waals surface area (Å²) in [5, 5.41) is 9.00. The molecule has 1 aliphatic heterocycles. The Kier molecular flexibility index (Phi) is 6.04. The number of carboxylic acids is 1. The van der Waals surface area contributed by atoms with Gasteiger partial charge in [-0.2, -0.15) is 0 Å². The normalized spacial score (nSPS) is 16.9. The molecule has 0 aliphatic carbocycles. The summed E-state index contributed by atoms with van der Waals surface area (Å²) in [4.78, 5) is 15.7. The van der Waals surface area contributed by atoms with Crippen LogP contribution < -0.4 is 4.74 Å². The van der Waals surface area contributed by atoms with Crippen LogP contribution in [0.4, 0.5) is 0 Å². The number of nitrogens with zero attached hydrogens (tertiary/aromatic N) is 2. The van der Waals surface area contributed by atoms with Crippen LogP contribution in [0.1, 0.15) is 10.4 Å². The van der Waals surface area contributed by atoms with Crippen LogP contribution in [0.15, 0.2) is 21.1 Å². The Morgan fingerprint density at radius 2 is 1.81 bits per heavy atom. The molecule has 1 aromatic carbocycles. The minimum Gasteiger partial charge on any atom is -0.490 e. The third-order valence-electron chi connectivity index (χ3n) is 3.50. The van der Waals surface area contributed by atoms with Gasteiger partial charge < -0.3 is 14.7 Å². The summed E-state index contributed by atoms with van der Waals surface area (Å²) in [5.74, 6) is -0.311. The zero-order chi connectivity index (χ0) is 15.4. The standard InChI is InChI=1S/C14H18Br2N2O3/c1-17-2-4-18(5-3-17)6-7-21-13-11(15)8-10(14(19)20)9-12(13)16/h8-9H,2-7H2,1H3,(H,19,20). The number of piperazine rings is 1. The molecule has 0 aromatic heterocycles. The fourth-order valence-corrected chi connectivity index (χ4v) is 3.58. The zero-order valence-corrected chi connectivity index (χ0v) is 15.0. The van der Waals surface area contributed by atoms with Crippen molar-refractivity contribution in [3.8, 4) is 5.75 Å². The number of carbonyl (C=O) groups is 1. The lowest BCUT2D eigenvalue weighted by molar-refractivity contribution is 0.0696. The molecule has 0 saturated carbocycles. The Morgan fingerprint density at radius 3 is 2.33 bits per heavy atom. The van der Waals surface area contributed by atoms with Crippen LogP contribution in [0.5, 0.6) is 5.75 Å². The smallest absolute Gasteiger partial charge is 0.335 e. The van der Waals surface area contributed by atoms with E-state index < -0.39 is 5.97 Å². The first kappa shape index (κ1) is 16.7. The topological polar surface area (TPSA) is 53.0 Å². The van der Waals surface area contributed by atoms with Gasteiger partial charge in [0.15, 0.2) is 0 Å². The maximum absolute atomic E-state index is 11.0. The molecule has 7 heteroatoms. The number of ether oxygens (including phenoxy) is 1. The lowest BCUT2D eigenvalue weighted by Crippen LogP contribution is -2.45. The van der Waals surface area contributed by atoms with Gasteiger partial charge in [0.05, 0.1) is 14.5 Å². The molecule has 5 nitrogen and oxygen atoms in total. The van der Waals surface area contributed by atoms with Gasteiger partial charge in [-0.3, -0.25) is 4.90 Å². The summed E-state index contributed by atoms with van der Waals surface area (Å²) >= 11 is 6.72. The van der Waals surface area contributed by atoms with Gasteiger partial charge in [-0.25, -0.2) is 4.79 Å². The number of aromatic carboxylic acids is 1. The van der Waals surface area contributed by atoms with Crippen molar-refractivity contribution in [2.24, 2.45) is 0 Å². The molecule has 1 fully saturated rings. The summed E-state index contributed by atoms with van der Waals surface area (Å²) in [6.45, 7) is 5.72. The number of rotatable bonds is 5. The van der Waals surface area contributed by atoms with Crippen molar-refractivity contribution in [3.05, 3.63) is 26.6 Å². The van der Waals surface area contributed by atoms with E-state index in [2.05, 4.69) is 48.7 Å². The highest BCUT2D eigenvalue weighted by Gasteiger charge is 2.15. The van der Waals surface area contributed by atoms with E-state index in [0.717, 1.165) is 32.7 Å². The molecule has 0 amide bonds. The molecule has 1 heterocycles. The molecular formula is C14H18Br2N2O3. The highest BCUT2D eigenvalue weighted by Crippen LogP contribution is 2.34.